The molecule has 17 heavy (non-hydrogen) atoms. The van der Waals surface area contributed by atoms with E-state index in [1.165, 1.54) is 26.1 Å². The van der Waals surface area contributed by atoms with E-state index in [-0.39, 0.29) is 0 Å². The number of nitrogens with zero attached hydrogens (tertiary/aromatic N) is 1. The summed E-state index contributed by atoms with van der Waals surface area (Å²) < 4.78 is 0. The van der Waals surface area contributed by atoms with Gasteiger partial charge in [0.15, 0.2) is 0 Å². The van der Waals surface area contributed by atoms with Crippen LogP contribution in [0.4, 0.5) is 0 Å². The second kappa shape index (κ2) is 6.75. The van der Waals surface area contributed by atoms with Crippen molar-refractivity contribution in [3.8, 4) is 0 Å². The van der Waals surface area contributed by atoms with Gasteiger partial charge in [-0.25, -0.2) is 0 Å². The summed E-state index contributed by atoms with van der Waals surface area (Å²) in [5.74, 6) is 2.31. The van der Waals surface area contributed by atoms with Crippen molar-refractivity contribution in [1.82, 2.24) is 10.2 Å². The van der Waals surface area contributed by atoms with Crippen LogP contribution in [0.3, 0.4) is 0 Å². The number of piperazine rings is 1. The third-order valence-electron chi connectivity index (χ3n) is 4.19. The minimum absolute atomic E-state index is 0.675. The van der Waals surface area contributed by atoms with E-state index in [4.69, 9.17) is 0 Å². The zero-order valence-corrected chi connectivity index (χ0v) is 12.7. The van der Waals surface area contributed by atoms with Gasteiger partial charge in [0.05, 0.1) is 0 Å². The molecule has 102 valence electrons. The summed E-state index contributed by atoms with van der Waals surface area (Å²) in [6, 6.07) is 1.41. The zero-order chi connectivity index (χ0) is 13.0. The van der Waals surface area contributed by atoms with Crippen LogP contribution in [0, 0.1) is 17.8 Å². The van der Waals surface area contributed by atoms with Gasteiger partial charge in [-0.2, -0.15) is 0 Å². The predicted octanol–water partition coefficient (Wildman–Crippen LogP) is 2.99. The second-order valence-electron chi connectivity index (χ2n) is 6.56. The third kappa shape index (κ3) is 4.26. The van der Waals surface area contributed by atoms with E-state index >= 15 is 0 Å². The Labute approximate surface area is 108 Å². The fourth-order valence-electron chi connectivity index (χ4n) is 2.81. The maximum atomic E-state index is 3.75. The first-order valence-electron chi connectivity index (χ1n) is 7.43. The minimum Gasteiger partial charge on any atom is -0.311 e. The van der Waals surface area contributed by atoms with Crippen molar-refractivity contribution in [2.75, 3.05) is 19.6 Å². The molecule has 0 aliphatic carbocycles. The highest BCUT2D eigenvalue weighted by Crippen LogP contribution is 2.21. The molecule has 1 aliphatic rings. The molecule has 1 rings (SSSR count). The molecule has 3 unspecified atom stereocenters. The molecule has 0 amide bonds. The Morgan fingerprint density at radius 3 is 2.29 bits per heavy atom. The van der Waals surface area contributed by atoms with Gasteiger partial charge < -0.3 is 5.32 Å². The Balaban J connectivity index is 2.65. The van der Waals surface area contributed by atoms with Crippen LogP contribution in [0.2, 0.25) is 0 Å². The van der Waals surface area contributed by atoms with E-state index in [2.05, 4.69) is 51.8 Å². The highest BCUT2D eigenvalue weighted by molar-refractivity contribution is 4.89. The Morgan fingerprint density at radius 2 is 1.82 bits per heavy atom. The molecular weight excluding hydrogens is 208 g/mol. The van der Waals surface area contributed by atoms with Gasteiger partial charge in [0.25, 0.3) is 0 Å². The van der Waals surface area contributed by atoms with Gasteiger partial charge >= 0.3 is 0 Å². The molecule has 1 N–H and O–H groups in total. The maximum Gasteiger partial charge on any atom is 0.0246 e. The summed E-state index contributed by atoms with van der Waals surface area (Å²) in [6.07, 6.45) is 1.29. The van der Waals surface area contributed by atoms with Crippen molar-refractivity contribution in [1.29, 1.82) is 0 Å². The molecule has 2 nitrogen and oxygen atoms in total. The Bertz CT molecular complexity index is 213. The third-order valence-corrected chi connectivity index (χ3v) is 4.19. The van der Waals surface area contributed by atoms with Crippen LogP contribution in [0.5, 0.6) is 0 Å². The van der Waals surface area contributed by atoms with Crippen molar-refractivity contribution < 1.29 is 0 Å². The topological polar surface area (TPSA) is 15.3 Å². The summed E-state index contributed by atoms with van der Waals surface area (Å²) in [7, 11) is 0. The van der Waals surface area contributed by atoms with Crippen molar-refractivity contribution in [2.45, 2.75) is 60.0 Å². The second-order valence-corrected chi connectivity index (χ2v) is 6.56. The van der Waals surface area contributed by atoms with Gasteiger partial charge in [0.1, 0.15) is 0 Å². The molecule has 3 atom stereocenters. The molecule has 0 aromatic carbocycles. The fourth-order valence-corrected chi connectivity index (χ4v) is 2.81. The first-order chi connectivity index (χ1) is 7.95. The molecule has 1 saturated heterocycles. The first-order valence-corrected chi connectivity index (χ1v) is 7.43. The molecule has 1 heterocycles. The van der Waals surface area contributed by atoms with Gasteiger partial charge in [0, 0.05) is 31.7 Å². The summed E-state index contributed by atoms with van der Waals surface area (Å²) >= 11 is 0. The molecule has 0 spiro atoms. The minimum atomic E-state index is 0.675. The monoisotopic (exact) mass is 240 g/mol. The van der Waals surface area contributed by atoms with Crippen molar-refractivity contribution in [2.24, 2.45) is 17.8 Å². The summed E-state index contributed by atoms with van der Waals surface area (Å²) in [5, 5.41) is 3.75. The summed E-state index contributed by atoms with van der Waals surface area (Å²) in [6.45, 7) is 17.7. The van der Waals surface area contributed by atoms with Gasteiger partial charge in [-0.1, -0.05) is 48.0 Å². The molecule has 1 aliphatic heterocycles. The lowest BCUT2D eigenvalue weighted by Crippen LogP contribution is -2.60. The van der Waals surface area contributed by atoms with Crippen LogP contribution >= 0.6 is 0 Å². The van der Waals surface area contributed by atoms with Crippen LogP contribution < -0.4 is 5.32 Å². The van der Waals surface area contributed by atoms with Gasteiger partial charge in [-0.05, 0) is 17.8 Å². The Hall–Kier alpha value is -0.0800. The number of nitrogens with one attached hydrogen (secondary N) is 1. The van der Waals surface area contributed by atoms with Crippen LogP contribution in [0.25, 0.3) is 0 Å². The average Bonchev–Trinajstić information content (AvgIpc) is 2.27. The van der Waals surface area contributed by atoms with Gasteiger partial charge in [0.2, 0.25) is 0 Å². The highest BCUT2D eigenvalue weighted by atomic mass is 15.2. The quantitative estimate of drug-likeness (QED) is 0.795. The summed E-state index contributed by atoms with van der Waals surface area (Å²) in [4.78, 5) is 2.74. The number of hydrogen-bond acceptors (Lipinski definition) is 2. The molecule has 0 aromatic heterocycles. The molecular formula is C15H32N2. The molecule has 1 fully saturated rings. The standard InChI is InChI=1S/C15H32N2/c1-7-13(6)15-8-16-14(12(4)5)10-17(15)9-11(2)3/h11-16H,7-10H2,1-6H3. The summed E-state index contributed by atoms with van der Waals surface area (Å²) in [5.41, 5.74) is 0. The van der Waals surface area contributed by atoms with Crippen LogP contribution in [-0.4, -0.2) is 36.6 Å². The lowest BCUT2D eigenvalue weighted by molar-refractivity contribution is 0.0686. The van der Waals surface area contributed by atoms with Crippen molar-refractivity contribution >= 4 is 0 Å². The van der Waals surface area contributed by atoms with Gasteiger partial charge in [-0.3, -0.25) is 4.90 Å². The molecule has 0 saturated carbocycles. The number of hydrogen-bond donors (Lipinski definition) is 1. The lowest BCUT2D eigenvalue weighted by Gasteiger charge is -2.45. The molecule has 0 aromatic rings. The van der Waals surface area contributed by atoms with E-state index in [0.29, 0.717) is 6.04 Å². The van der Waals surface area contributed by atoms with E-state index in [9.17, 15) is 0 Å². The van der Waals surface area contributed by atoms with Gasteiger partial charge in [-0.15, -0.1) is 0 Å². The maximum absolute atomic E-state index is 3.75. The first kappa shape index (κ1) is 15.0. The SMILES string of the molecule is CCC(C)C1CNC(C(C)C)CN1CC(C)C. The lowest BCUT2D eigenvalue weighted by atomic mass is 9.91. The zero-order valence-electron chi connectivity index (χ0n) is 12.7. The fraction of sp³-hybridized carbons (Fsp3) is 1.00. The molecule has 2 heteroatoms. The highest BCUT2D eigenvalue weighted by Gasteiger charge is 2.31. The molecule has 0 radical (unpaired) electrons. The Morgan fingerprint density at radius 1 is 1.18 bits per heavy atom. The Kier molecular flexibility index (Phi) is 5.94. The van der Waals surface area contributed by atoms with Crippen molar-refractivity contribution in [3.63, 3.8) is 0 Å². The smallest absolute Gasteiger partial charge is 0.0246 e. The van der Waals surface area contributed by atoms with Crippen LogP contribution in [-0.2, 0) is 0 Å². The van der Waals surface area contributed by atoms with Crippen LogP contribution in [0.15, 0.2) is 0 Å². The largest absolute Gasteiger partial charge is 0.311 e. The van der Waals surface area contributed by atoms with E-state index < -0.39 is 0 Å². The average molecular weight is 240 g/mol. The normalized spacial score (nSPS) is 28.9. The molecule has 0 bridgehead atoms. The van der Waals surface area contributed by atoms with E-state index in [1.54, 1.807) is 0 Å². The van der Waals surface area contributed by atoms with Crippen LogP contribution in [0.1, 0.15) is 48.0 Å². The number of rotatable bonds is 5. The predicted molar refractivity (Wildman–Crippen MR) is 76.3 cm³/mol. The van der Waals surface area contributed by atoms with Crippen molar-refractivity contribution in [3.05, 3.63) is 0 Å². The van der Waals surface area contributed by atoms with E-state index in [1.807, 2.05) is 0 Å². The van der Waals surface area contributed by atoms with E-state index in [0.717, 1.165) is 23.8 Å².